The van der Waals surface area contributed by atoms with Gasteiger partial charge in [0.2, 0.25) is 5.91 Å². The molecule has 2 aliphatic rings. The van der Waals surface area contributed by atoms with Crippen LogP contribution in [-0.4, -0.2) is 18.3 Å². The summed E-state index contributed by atoms with van der Waals surface area (Å²) < 4.78 is 0. The van der Waals surface area contributed by atoms with Crippen LogP contribution in [0, 0.1) is 17.3 Å². The number of amides is 1. The Kier molecular flexibility index (Phi) is 4.94. The van der Waals surface area contributed by atoms with E-state index in [1.54, 1.807) is 0 Å². The maximum absolute atomic E-state index is 12.4. The Morgan fingerprint density at radius 1 is 1.22 bits per heavy atom. The quantitative estimate of drug-likeness (QED) is 0.759. The highest BCUT2D eigenvalue weighted by molar-refractivity contribution is 6.18. The third-order valence-electron chi connectivity index (χ3n) is 5.26. The molecule has 0 heterocycles. The summed E-state index contributed by atoms with van der Waals surface area (Å²) in [6, 6.07) is 0. The average molecular weight is 272 g/mol. The van der Waals surface area contributed by atoms with E-state index in [9.17, 15) is 4.79 Å². The third kappa shape index (κ3) is 2.84. The Balaban J connectivity index is 1.84. The van der Waals surface area contributed by atoms with Crippen LogP contribution in [0.3, 0.4) is 0 Å². The fraction of sp³-hybridized carbons (Fsp3) is 0.933. The Hall–Kier alpha value is -0.240. The molecule has 3 heteroatoms. The van der Waals surface area contributed by atoms with E-state index in [-0.39, 0.29) is 5.41 Å². The highest BCUT2D eigenvalue weighted by Crippen LogP contribution is 2.41. The molecule has 1 amide bonds. The topological polar surface area (TPSA) is 29.1 Å². The molecular weight excluding hydrogens is 246 g/mol. The molecule has 2 atom stereocenters. The molecule has 104 valence electrons. The third-order valence-corrected chi connectivity index (χ3v) is 5.66. The molecule has 0 aromatic heterocycles. The van der Waals surface area contributed by atoms with Crippen LogP contribution in [-0.2, 0) is 4.79 Å². The lowest BCUT2D eigenvalue weighted by atomic mass is 9.82. The number of hydrogen-bond donors (Lipinski definition) is 1. The van der Waals surface area contributed by atoms with Crippen LogP contribution < -0.4 is 5.32 Å². The van der Waals surface area contributed by atoms with Crippen LogP contribution in [0.5, 0.6) is 0 Å². The van der Waals surface area contributed by atoms with Gasteiger partial charge in [0.15, 0.2) is 0 Å². The first-order valence-electron chi connectivity index (χ1n) is 7.56. The van der Waals surface area contributed by atoms with E-state index in [0.29, 0.717) is 17.7 Å². The Morgan fingerprint density at radius 3 is 2.50 bits per heavy atom. The highest BCUT2D eigenvalue weighted by atomic mass is 35.5. The summed E-state index contributed by atoms with van der Waals surface area (Å²) in [7, 11) is 0. The molecule has 0 saturated heterocycles. The molecule has 1 N–H and O–H groups in total. The first kappa shape index (κ1) is 14.2. The van der Waals surface area contributed by atoms with E-state index < -0.39 is 0 Å². The van der Waals surface area contributed by atoms with Gasteiger partial charge < -0.3 is 5.32 Å². The molecule has 2 aliphatic carbocycles. The Bertz CT molecular complexity index is 286. The van der Waals surface area contributed by atoms with Gasteiger partial charge in [-0.05, 0) is 43.9 Å². The lowest BCUT2D eigenvalue weighted by Crippen LogP contribution is -2.41. The summed E-state index contributed by atoms with van der Waals surface area (Å²) in [5.41, 5.74) is -0.0466. The van der Waals surface area contributed by atoms with Crippen LogP contribution in [0.15, 0.2) is 0 Å². The van der Waals surface area contributed by atoms with Gasteiger partial charge in [-0.3, -0.25) is 4.79 Å². The molecule has 2 rings (SSSR count). The van der Waals surface area contributed by atoms with Crippen molar-refractivity contribution in [3.8, 4) is 0 Å². The number of alkyl halides is 1. The predicted molar refractivity (Wildman–Crippen MR) is 75.8 cm³/mol. The van der Waals surface area contributed by atoms with Crippen LogP contribution in [0.2, 0.25) is 0 Å². The van der Waals surface area contributed by atoms with Crippen molar-refractivity contribution in [2.24, 2.45) is 17.3 Å². The van der Waals surface area contributed by atoms with Crippen LogP contribution >= 0.6 is 11.6 Å². The van der Waals surface area contributed by atoms with Gasteiger partial charge >= 0.3 is 0 Å². The first-order valence-corrected chi connectivity index (χ1v) is 8.09. The lowest BCUT2D eigenvalue weighted by Gasteiger charge is -2.27. The minimum absolute atomic E-state index is 0.0466. The molecule has 0 aromatic rings. The summed E-state index contributed by atoms with van der Waals surface area (Å²) in [6.45, 7) is 3.00. The van der Waals surface area contributed by atoms with Gasteiger partial charge in [-0.1, -0.05) is 26.2 Å². The molecule has 2 unspecified atom stereocenters. The van der Waals surface area contributed by atoms with Crippen molar-refractivity contribution in [1.29, 1.82) is 0 Å². The second-order valence-electron chi connectivity index (χ2n) is 6.16. The van der Waals surface area contributed by atoms with Crippen molar-refractivity contribution in [1.82, 2.24) is 5.32 Å². The second kappa shape index (κ2) is 6.27. The monoisotopic (exact) mass is 271 g/mol. The molecule has 2 fully saturated rings. The van der Waals surface area contributed by atoms with Crippen molar-refractivity contribution >= 4 is 17.5 Å². The zero-order valence-electron chi connectivity index (χ0n) is 11.5. The molecule has 18 heavy (non-hydrogen) atoms. The number of carbonyl (C=O) groups is 1. The number of hydrogen-bond acceptors (Lipinski definition) is 1. The van der Waals surface area contributed by atoms with Crippen LogP contribution in [0.1, 0.15) is 58.3 Å². The van der Waals surface area contributed by atoms with Gasteiger partial charge in [0.25, 0.3) is 0 Å². The standard InChI is InChI=1S/C15H26ClNO/c1-2-15(8-3-4-9-15)14(18)17-11-13-7-5-6-12(13)10-16/h12-13H,2-11H2,1H3,(H,17,18). The molecule has 0 aliphatic heterocycles. The summed E-state index contributed by atoms with van der Waals surface area (Å²) in [5.74, 6) is 2.29. The van der Waals surface area contributed by atoms with Gasteiger partial charge in [-0.2, -0.15) is 0 Å². The molecule has 0 bridgehead atoms. The molecule has 0 spiro atoms. The minimum atomic E-state index is -0.0466. The van der Waals surface area contributed by atoms with Crippen molar-refractivity contribution in [2.45, 2.75) is 58.3 Å². The number of halogens is 1. The van der Waals surface area contributed by atoms with Gasteiger partial charge in [0, 0.05) is 17.8 Å². The van der Waals surface area contributed by atoms with Crippen LogP contribution in [0.25, 0.3) is 0 Å². The largest absolute Gasteiger partial charge is 0.355 e. The van der Waals surface area contributed by atoms with Gasteiger partial charge in [-0.15, -0.1) is 11.6 Å². The van der Waals surface area contributed by atoms with Crippen molar-refractivity contribution in [2.75, 3.05) is 12.4 Å². The van der Waals surface area contributed by atoms with E-state index in [1.807, 2.05) is 0 Å². The number of nitrogens with one attached hydrogen (secondary N) is 1. The van der Waals surface area contributed by atoms with Gasteiger partial charge in [-0.25, -0.2) is 0 Å². The zero-order chi connectivity index (χ0) is 13.0. The Labute approximate surface area is 116 Å². The maximum atomic E-state index is 12.4. The zero-order valence-corrected chi connectivity index (χ0v) is 12.3. The molecule has 2 nitrogen and oxygen atoms in total. The fourth-order valence-electron chi connectivity index (χ4n) is 3.79. The predicted octanol–water partition coefficient (Wildman–Crippen LogP) is 3.73. The number of carbonyl (C=O) groups excluding carboxylic acids is 1. The fourth-order valence-corrected chi connectivity index (χ4v) is 4.20. The highest BCUT2D eigenvalue weighted by Gasteiger charge is 2.39. The summed E-state index contributed by atoms with van der Waals surface area (Å²) >= 11 is 5.99. The second-order valence-corrected chi connectivity index (χ2v) is 6.46. The van der Waals surface area contributed by atoms with Gasteiger partial charge in [0.1, 0.15) is 0 Å². The average Bonchev–Trinajstić information content (AvgIpc) is 3.05. The molecular formula is C15H26ClNO. The molecule has 0 radical (unpaired) electrons. The van der Waals surface area contributed by atoms with E-state index in [1.165, 1.54) is 32.1 Å². The molecule has 0 aromatic carbocycles. The van der Waals surface area contributed by atoms with E-state index in [2.05, 4.69) is 12.2 Å². The summed E-state index contributed by atoms with van der Waals surface area (Å²) in [4.78, 5) is 12.4. The normalized spacial score (nSPS) is 30.6. The molecule has 2 saturated carbocycles. The smallest absolute Gasteiger partial charge is 0.226 e. The van der Waals surface area contributed by atoms with Crippen LogP contribution in [0.4, 0.5) is 0 Å². The van der Waals surface area contributed by atoms with Gasteiger partial charge in [0.05, 0.1) is 0 Å². The minimum Gasteiger partial charge on any atom is -0.355 e. The lowest BCUT2D eigenvalue weighted by molar-refractivity contribution is -0.131. The number of rotatable bonds is 5. The van der Waals surface area contributed by atoms with E-state index in [0.717, 1.165) is 31.7 Å². The summed E-state index contributed by atoms with van der Waals surface area (Å²) in [6.07, 6.45) is 9.33. The SMILES string of the molecule is CCC1(C(=O)NCC2CCCC2CCl)CCCC1. The van der Waals surface area contributed by atoms with Crippen molar-refractivity contribution in [3.05, 3.63) is 0 Å². The Morgan fingerprint density at radius 2 is 1.89 bits per heavy atom. The van der Waals surface area contributed by atoms with E-state index >= 15 is 0 Å². The summed E-state index contributed by atoms with van der Waals surface area (Å²) in [5, 5.41) is 3.23. The van der Waals surface area contributed by atoms with Crippen molar-refractivity contribution in [3.63, 3.8) is 0 Å². The van der Waals surface area contributed by atoms with E-state index in [4.69, 9.17) is 11.6 Å². The van der Waals surface area contributed by atoms with Crippen molar-refractivity contribution < 1.29 is 4.79 Å². The first-order chi connectivity index (χ1) is 8.72. The maximum Gasteiger partial charge on any atom is 0.226 e.